The van der Waals surface area contributed by atoms with Crippen LogP contribution in [0.5, 0.6) is 0 Å². The standard InChI is InChI=1S/C15H23N3OS/c19-15(9-13-10-16-11-13)18-5-2-4-17(6-7-18)12-14-3-1-8-20-14/h1,3,8,13,16H,2,4-7,9-12H2. The molecule has 0 aromatic carbocycles. The smallest absolute Gasteiger partial charge is 0.222 e. The molecule has 2 fully saturated rings. The Balaban J connectivity index is 1.47. The van der Waals surface area contributed by atoms with Crippen LogP contribution in [0.4, 0.5) is 0 Å². The molecule has 1 aromatic rings. The third-order valence-corrected chi connectivity index (χ3v) is 5.09. The molecule has 0 bridgehead atoms. The predicted molar refractivity (Wildman–Crippen MR) is 81.8 cm³/mol. The first-order chi connectivity index (χ1) is 9.81. The van der Waals surface area contributed by atoms with Crippen molar-refractivity contribution in [2.24, 2.45) is 5.92 Å². The van der Waals surface area contributed by atoms with Gasteiger partial charge in [-0.25, -0.2) is 0 Å². The lowest BCUT2D eigenvalue weighted by molar-refractivity contribution is -0.132. The van der Waals surface area contributed by atoms with Crippen LogP contribution in [0.2, 0.25) is 0 Å². The highest BCUT2D eigenvalue weighted by Crippen LogP contribution is 2.15. The Bertz CT molecular complexity index is 430. The summed E-state index contributed by atoms with van der Waals surface area (Å²) in [6, 6.07) is 4.31. The molecule has 2 aliphatic rings. The summed E-state index contributed by atoms with van der Waals surface area (Å²) in [4.78, 5) is 18.2. The first-order valence-electron chi connectivity index (χ1n) is 7.54. The maximum Gasteiger partial charge on any atom is 0.222 e. The first kappa shape index (κ1) is 14.0. The zero-order valence-electron chi connectivity index (χ0n) is 11.9. The molecule has 0 radical (unpaired) electrons. The molecule has 0 aliphatic carbocycles. The summed E-state index contributed by atoms with van der Waals surface area (Å²) in [6.07, 6.45) is 1.83. The van der Waals surface area contributed by atoms with Crippen LogP contribution in [0.1, 0.15) is 17.7 Å². The topological polar surface area (TPSA) is 35.6 Å². The van der Waals surface area contributed by atoms with Gasteiger partial charge in [0, 0.05) is 44.0 Å². The fourth-order valence-electron chi connectivity index (χ4n) is 2.87. The zero-order chi connectivity index (χ0) is 13.8. The average Bonchev–Trinajstić information content (AvgIpc) is 2.78. The normalized spacial score (nSPS) is 21.5. The van der Waals surface area contributed by atoms with Crippen molar-refractivity contribution in [2.75, 3.05) is 39.3 Å². The molecule has 0 spiro atoms. The minimum atomic E-state index is 0.356. The maximum absolute atomic E-state index is 12.3. The summed E-state index contributed by atoms with van der Waals surface area (Å²) in [5.74, 6) is 0.933. The van der Waals surface area contributed by atoms with Gasteiger partial charge in [0.2, 0.25) is 5.91 Å². The third kappa shape index (κ3) is 3.59. The largest absolute Gasteiger partial charge is 0.341 e. The fraction of sp³-hybridized carbons (Fsp3) is 0.667. The van der Waals surface area contributed by atoms with Gasteiger partial charge in [0.15, 0.2) is 0 Å². The van der Waals surface area contributed by atoms with E-state index >= 15 is 0 Å². The molecule has 0 atom stereocenters. The van der Waals surface area contributed by atoms with Crippen LogP contribution in [0, 0.1) is 5.92 Å². The van der Waals surface area contributed by atoms with Crippen molar-refractivity contribution in [3.63, 3.8) is 0 Å². The fourth-order valence-corrected chi connectivity index (χ4v) is 3.62. The monoisotopic (exact) mass is 293 g/mol. The maximum atomic E-state index is 12.3. The van der Waals surface area contributed by atoms with E-state index in [2.05, 4.69) is 32.6 Å². The second kappa shape index (κ2) is 6.70. The molecule has 1 N–H and O–H groups in total. The van der Waals surface area contributed by atoms with Gasteiger partial charge in [0.1, 0.15) is 0 Å². The molecule has 1 aromatic heterocycles. The lowest BCUT2D eigenvalue weighted by atomic mass is 9.98. The van der Waals surface area contributed by atoms with Gasteiger partial charge in [-0.1, -0.05) is 6.07 Å². The van der Waals surface area contributed by atoms with Crippen molar-refractivity contribution >= 4 is 17.2 Å². The summed E-state index contributed by atoms with van der Waals surface area (Å²) in [7, 11) is 0. The van der Waals surface area contributed by atoms with Crippen LogP contribution in [-0.4, -0.2) is 55.0 Å². The molecule has 3 heterocycles. The molecule has 4 nitrogen and oxygen atoms in total. The number of carbonyl (C=O) groups is 1. The summed E-state index contributed by atoms with van der Waals surface area (Å²) in [5.41, 5.74) is 0. The van der Waals surface area contributed by atoms with Crippen LogP contribution in [-0.2, 0) is 11.3 Å². The van der Waals surface area contributed by atoms with Crippen LogP contribution in [0.25, 0.3) is 0 Å². The number of rotatable bonds is 4. The van der Waals surface area contributed by atoms with Crippen molar-refractivity contribution < 1.29 is 4.79 Å². The zero-order valence-corrected chi connectivity index (χ0v) is 12.7. The number of nitrogens with zero attached hydrogens (tertiary/aromatic N) is 2. The molecule has 0 saturated carbocycles. The van der Waals surface area contributed by atoms with Crippen LogP contribution >= 0.6 is 11.3 Å². The molecule has 2 saturated heterocycles. The van der Waals surface area contributed by atoms with Gasteiger partial charge in [0.05, 0.1) is 0 Å². The van der Waals surface area contributed by atoms with Gasteiger partial charge < -0.3 is 10.2 Å². The van der Waals surface area contributed by atoms with E-state index in [0.717, 1.165) is 58.7 Å². The molecule has 2 aliphatic heterocycles. The van der Waals surface area contributed by atoms with E-state index in [1.54, 1.807) is 0 Å². The highest BCUT2D eigenvalue weighted by molar-refractivity contribution is 7.09. The Hall–Kier alpha value is -0.910. The minimum absolute atomic E-state index is 0.356. The number of carbonyl (C=O) groups excluding carboxylic acids is 1. The Labute approximate surface area is 124 Å². The molecule has 5 heteroatoms. The average molecular weight is 293 g/mol. The van der Waals surface area contributed by atoms with Crippen molar-refractivity contribution in [1.29, 1.82) is 0 Å². The van der Waals surface area contributed by atoms with Crippen LogP contribution < -0.4 is 5.32 Å². The first-order valence-corrected chi connectivity index (χ1v) is 8.42. The van der Waals surface area contributed by atoms with E-state index in [4.69, 9.17) is 0 Å². The van der Waals surface area contributed by atoms with Gasteiger partial charge >= 0.3 is 0 Å². The van der Waals surface area contributed by atoms with Crippen molar-refractivity contribution in [2.45, 2.75) is 19.4 Å². The van der Waals surface area contributed by atoms with Gasteiger partial charge in [0.25, 0.3) is 0 Å². The molecule has 3 rings (SSSR count). The molecular weight excluding hydrogens is 270 g/mol. The van der Waals surface area contributed by atoms with E-state index in [1.807, 2.05) is 11.3 Å². The van der Waals surface area contributed by atoms with E-state index in [-0.39, 0.29) is 0 Å². The SMILES string of the molecule is O=C(CC1CNC1)N1CCCN(Cc2cccs2)CC1. The number of nitrogens with one attached hydrogen (secondary N) is 1. The lowest BCUT2D eigenvalue weighted by Crippen LogP contribution is -2.45. The molecule has 1 amide bonds. The highest BCUT2D eigenvalue weighted by atomic mass is 32.1. The van der Waals surface area contributed by atoms with E-state index < -0.39 is 0 Å². The Morgan fingerprint density at radius 2 is 2.20 bits per heavy atom. The lowest BCUT2D eigenvalue weighted by Gasteiger charge is -2.29. The second-order valence-electron chi connectivity index (χ2n) is 5.82. The number of amides is 1. The number of thiophene rings is 1. The van der Waals surface area contributed by atoms with Crippen molar-refractivity contribution in [3.8, 4) is 0 Å². The summed E-state index contributed by atoms with van der Waals surface area (Å²) in [5, 5.41) is 5.37. The quantitative estimate of drug-likeness (QED) is 0.911. The number of hydrogen-bond donors (Lipinski definition) is 1. The molecular formula is C15H23N3OS. The Kier molecular flexibility index (Phi) is 4.70. The minimum Gasteiger partial charge on any atom is -0.341 e. The van der Waals surface area contributed by atoms with Crippen LogP contribution in [0.15, 0.2) is 17.5 Å². The molecule has 110 valence electrons. The molecule has 20 heavy (non-hydrogen) atoms. The van der Waals surface area contributed by atoms with Gasteiger partial charge in [-0.15, -0.1) is 11.3 Å². The summed E-state index contributed by atoms with van der Waals surface area (Å²) in [6.45, 7) is 7.00. The van der Waals surface area contributed by atoms with Gasteiger partial charge in [-0.2, -0.15) is 0 Å². The van der Waals surface area contributed by atoms with Crippen LogP contribution in [0.3, 0.4) is 0 Å². The highest BCUT2D eigenvalue weighted by Gasteiger charge is 2.25. The van der Waals surface area contributed by atoms with Crippen molar-refractivity contribution in [1.82, 2.24) is 15.1 Å². The van der Waals surface area contributed by atoms with E-state index in [0.29, 0.717) is 11.8 Å². The van der Waals surface area contributed by atoms with E-state index in [9.17, 15) is 4.79 Å². The van der Waals surface area contributed by atoms with Gasteiger partial charge in [-0.3, -0.25) is 9.69 Å². The predicted octanol–water partition coefficient (Wildman–Crippen LogP) is 1.39. The second-order valence-corrected chi connectivity index (χ2v) is 6.85. The molecule has 0 unspecified atom stereocenters. The van der Waals surface area contributed by atoms with E-state index in [1.165, 1.54) is 4.88 Å². The number of hydrogen-bond acceptors (Lipinski definition) is 4. The summed E-state index contributed by atoms with van der Waals surface area (Å²) >= 11 is 1.82. The third-order valence-electron chi connectivity index (χ3n) is 4.23. The van der Waals surface area contributed by atoms with Crippen molar-refractivity contribution in [3.05, 3.63) is 22.4 Å². The Morgan fingerprint density at radius 3 is 2.90 bits per heavy atom. The Morgan fingerprint density at radius 1 is 1.30 bits per heavy atom. The van der Waals surface area contributed by atoms with Gasteiger partial charge in [-0.05, 0) is 36.9 Å². The summed E-state index contributed by atoms with van der Waals surface area (Å²) < 4.78 is 0.